The first kappa shape index (κ1) is 14.4. The summed E-state index contributed by atoms with van der Waals surface area (Å²) in [4.78, 5) is 4.40. The average molecular weight is 305 g/mol. The second-order valence-electron chi connectivity index (χ2n) is 5.27. The molecule has 1 fully saturated rings. The summed E-state index contributed by atoms with van der Waals surface area (Å²) in [5.74, 6) is 2.91. The van der Waals surface area contributed by atoms with E-state index in [0.29, 0.717) is 30.7 Å². The molecule has 1 aromatic heterocycles. The molecular formula is C15H19N3O2S. The quantitative estimate of drug-likeness (QED) is 0.910. The van der Waals surface area contributed by atoms with Crippen molar-refractivity contribution in [2.75, 3.05) is 11.5 Å². The van der Waals surface area contributed by atoms with Gasteiger partial charge < -0.3 is 9.84 Å². The molecule has 1 saturated heterocycles. The Balaban J connectivity index is 1.50. The number of benzene rings is 1. The van der Waals surface area contributed by atoms with Gasteiger partial charge >= 0.3 is 0 Å². The summed E-state index contributed by atoms with van der Waals surface area (Å²) in [7, 11) is -0.619. The molecule has 2 aromatic rings. The number of nitrogens with one attached hydrogen (secondary N) is 1. The molecule has 6 heteroatoms. The minimum atomic E-state index is -0.619. The van der Waals surface area contributed by atoms with Gasteiger partial charge in [0, 0.05) is 34.8 Å². The molecule has 1 aliphatic rings. The second kappa shape index (κ2) is 6.95. The number of aromatic nitrogens is 2. The summed E-state index contributed by atoms with van der Waals surface area (Å²) < 4.78 is 16.6. The molecule has 112 valence electrons. The summed E-state index contributed by atoms with van der Waals surface area (Å²) in [6.45, 7) is 0.582. The third kappa shape index (κ3) is 4.22. The minimum absolute atomic E-state index is 0.409. The predicted molar refractivity (Wildman–Crippen MR) is 81.3 cm³/mol. The highest BCUT2D eigenvalue weighted by atomic mass is 32.2. The van der Waals surface area contributed by atoms with Gasteiger partial charge in [-0.3, -0.25) is 4.21 Å². The van der Waals surface area contributed by atoms with Crippen LogP contribution in [0.1, 0.15) is 30.1 Å². The van der Waals surface area contributed by atoms with Crippen LogP contribution in [0, 0.1) is 0 Å². The molecule has 0 bridgehead atoms. The zero-order valence-corrected chi connectivity index (χ0v) is 12.6. The van der Waals surface area contributed by atoms with Crippen molar-refractivity contribution in [1.82, 2.24) is 15.5 Å². The van der Waals surface area contributed by atoms with Crippen molar-refractivity contribution >= 4 is 10.8 Å². The summed E-state index contributed by atoms with van der Waals surface area (Å²) >= 11 is 0. The molecule has 3 rings (SSSR count). The first-order valence-electron chi connectivity index (χ1n) is 7.23. The molecule has 0 amide bonds. The molecule has 0 spiro atoms. The van der Waals surface area contributed by atoms with Crippen LogP contribution >= 0.6 is 0 Å². The SMILES string of the molecule is O=S1CCC(NCc2nc(Cc3ccccc3)no2)CC1. The van der Waals surface area contributed by atoms with Crippen molar-refractivity contribution in [2.24, 2.45) is 0 Å². The van der Waals surface area contributed by atoms with E-state index < -0.39 is 10.8 Å². The lowest BCUT2D eigenvalue weighted by Crippen LogP contribution is -2.35. The highest BCUT2D eigenvalue weighted by Crippen LogP contribution is 2.10. The second-order valence-corrected chi connectivity index (χ2v) is 6.97. The maximum absolute atomic E-state index is 11.3. The van der Waals surface area contributed by atoms with Gasteiger partial charge in [-0.05, 0) is 18.4 Å². The molecule has 1 aliphatic heterocycles. The van der Waals surface area contributed by atoms with Gasteiger partial charge in [-0.2, -0.15) is 4.98 Å². The van der Waals surface area contributed by atoms with Crippen molar-refractivity contribution in [3.63, 3.8) is 0 Å². The van der Waals surface area contributed by atoms with Crippen LogP contribution in [0.2, 0.25) is 0 Å². The van der Waals surface area contributed by atoms with Crippen LogP contribution < -0.4 is 5.32 Å². The molecule has 0 atom stereocenters. The van der Waals surface area contributed by atoms with E-state index in [0.717, 1.165) is 24.3 Å². The Morgan fingerprint density at radius 2 is 2.00 bits per heavy atom. The minimum Gasteiger partial charge on any atom is -0.338 e. The molecular weight excluding hydrogens is 286 g/mol. The Morgan fingerprint density at radius 1 is 1.24 bits per heavy atom. The van der Waals surface area contributed by atoms with Gasteiger partial charge in [-0.15, -0.1) is 0 Å². The maximum Gasteiger partial charge on any atom is 0.240 e. The largest absolute Gasteiger partial charge is 0.338 e. The lowest BCUT2D eigenvalue weighted by molar-refractivity contribution is 0.349. The normalized spacial score (nSPS) is 22.3. The Labute approximate surface area is 126 Å². The van der Waals surface area contributed by atoms with E-state index in [4.69, 9.17) is 4.52 Å². The van der Waals surface area contributed by atoms with E-state index in [1.165, 1.54) is 5.56 Å². The molecule has 5 nitrogen and oxygen atoms in total. The van der Waals surface area contributed by atoms with Gasteiger partial charge in [0.2, 0.25) is 5.89 Å². The zero-order valence-electron chi connectivity index (χ0n) is 11.8. The van der Waals surface area contributed by atoms with Crippen LogP contribution in [-0.2, 0) is 23.8 Å². The molecule has 0 unspecified atom stereocenters. The highest BCUT2D eigenvalue weighted by molar-refractivity contribution is 7.85. The topological polar surface area (TPSA) is 68.0 Å². The standard InChI is InChI=1S/C15H19N3O2S/c19-21-8-6-13(7-9-21)16-11-15-17-14(18-20-15)10-12-4-2-1-3-5-12/h1-5,13,16H,6-11H2. The van der Waals surface area contributed by atoms with Gasteiger partial charge in [0.15, 0.2) is 5.82 Å². The molecule has 21 heavy (non-hydrogen) atoms. The Hall–Kier alpha value is -1.53. The van der Waals surface area contributed by atoms with Crippen molar-refractivity contribution in [2.45, 2.75) is 31.8 Å². The lowest BCUT2D eigenvalue weighted by Gasteiger charge is -2.21. The Kier molecular flexibility index (Phi) is 4.77. The van der Waals surface area contributed by atoms with E-state index in [9.17, 15) is 4.21 Å². The van der Waals surface area contributed by atoms with Crippen LogP contribution in [0.3, 0.4) is 0 Å². The summed E-state index contributed by atoms with van der Waals surface area (Å²) in [6.07, 6.45) is 2.60. The highest BCUT2D eigenvalue weighted by Gasteiger charge is 2.18. The molecule has 0 aliphatic carbocycles. The third-order valence-corrected chi connectivity index (χ3v) is 5.03. The smallest absolute Gasteiger partial charge is 0.240 e. The fraction of sp³-hybridized carbons (Fsp3) is 0.467. The summed E-state index contributed by atoms with van der Waals surface area (Å²) in [5.41, 5.74) is 1.17. The van der Waals surface area contributed by atoms with E-state index >= 15 is 0 Å². The average Bonchev–Trinajstić information content (AvgIpc) is 2.95. The van der Waals surface area contributed by atoms with Gasteiger partial charge in [0.25, 0.3) is 0 Å². The van der Waals surface area contributed by atoms with Crippen LogP contribution in [-0.4, -0.2) is 31.9 Å². The first-order valence-corrected chi connectivity index (χ1v) is 8.72. The van der Waals surface area contributed by atoms with E-state index in [2.05, 4.69) is 27.6 Å². The lowest BCUT2D eigenvalue weighted by atomic mass is 10.1. The number of rotatable bonds is 5. The first-order chi connectivity index (χ1) is 10.3. The maximum atomic E-state index is 11.3. The van der Waals surface area contributed by atoms with Crippen molar-refractivity contribution in [1.29, 1.82) is 0 Å². The van der Waals surface area contributed by atoms with E-state index in [-0.39, 0.29) is 0 Å². The zero-order chi connectivity index (χ0) is 14.5. The van der Waals surface area contributed by atoms with Gasteiger partial charge in [-0.25, -0.2) is 0 Å². The van der Waals surface area contributed by atoms with Crippen LogP contribution in [0.15, 0.2) is 34.9 Å². The molecule has 1 N–H and O–H groups in total. The van der Waals surface area contributed by atoms with Crippen molar-refractivity contribution in [3.8, 4) is 0 Å². The number of hydrogen-bond donors (Lipinski definition) is 1. The molecule has 0 radical (unpaired) electrons. The molecule has 1 aromatic carbocycles. The fourth-order valence-corrected chi connectivity index (χ4v) is 3.74. The third-order valence-electron chi connectivity index (χ3n) is 3.65. The van der Waals surface area contributed by atoms with Gasteiger partial charge in [-0.1, -0.05) is 35.5 Å². The monoisotopic (exact) mass is 305 g/mol. The van der Waals surface area contributed by atoms with E-state index in [1.807, 2.05) is 18.2 Å². The molecule has 2 heterocycles. The van der Waals surface area contributed by atoms with Crippen LogP contribution in [0.4, 0.5) is 0 Å². The van der Waals surface area contributed by atoms with Crippen molar-refractivity contribution < 1.29 is 8.73 Å². The Morgan fingerprint density at radius 3 is 2.76 bits per heavy atom. The van der Waals surface area contributed by atoms with Crippen molar-refractivity contribution in [3.05, 3.63) is 47.6 Å². The Bertz CT molecular complexity index is 590. The van der Waals surface area contributed by atoms with Crippen LogP contribution in [0.5, 0.6) is 0 Å². The number of nitrogens with zero attached hydrogens (tertiary/aromatic N) is 2. The fourth-order valence-electron chi connectivity index (χ4n) is 2.44. The van der Waals surface area contributed by atoms with Gasteiger partial charge in [0.1, 0.15) is 0 Å². The summed E-state index contributed by atoms with van der Waals surface area (Å²) in [5, 5.41) is 7.42. The number of hydrogen-bond acceptors (Lipinski definition) is 5. The summed E-state index contributed by atoms with van der Waals surface area (Å²) in [6, 6.07) is 10.5. The predicted octanol–water partition coefficient (Wildman–Crippen LogP) is 1.66. The van der Waals surface area contributed by atoms with Crippen LogP contribution in [0.25, 0.3) is 0 Å². The molecule has 0 saturated carbocycles. The van der Waals surface area contributed by atoms with Gasteiger partial charge in [0.05, 0.1) is 6.54 Å². The van der Waals surface area contributed by atoms with E-state index in [1.54, 1.807) is 0 Å².